The van der Waals surface area contributed by atoms with Crippen molar-refractivity contribution in [1.29, 1.82) is 0 Å². The fourth-order valence-electron chi connectivity index (χ4n) is 2.31. The molecule has 7 nitrogen and oxygen atoms in total. The average molecular weight is 420 g/mol. The minimum Gasteiger partial charge on any atom is -0.476 e. The summed E-state index contributed by atoms with van der Waals surface area (Å²) in [6.45, 7) is 4.41. The number of hydrogen-bond acceptors (Lipinski definition) is 6. The lowest BCUT2D eigenvalue weighted by molar-refractivity contribution is -0.161. The Hall–Kier alpha value is -3.06. The summed E-state index contributed by atoms with van der Waals surface area (Å²) in [5.41, 5.74) is -0.846. The highest BCUT2D eigenvalue weighted by Gasteiger charge is 2.32. The van der Waals surface area contributed by atoms with Crippen LogP contribution in [-0.4, -0.2) is 36.7 Å². The molecule has 29 heavy (non-hydrogen) atoms. The molecule has 0 aliphatic heterocycles. The number of carbonyl (C=O) groups is 3. The number of anilines is 1. The Labute approximate surface area is 173 Å². The van der Waals surface area contributed by atoms with E-state index < -0.39 is 30.1 Å². The molecule has 0 aliphatic carbocycles. The third-order valence-corrected chi connectivity index (χ3v) is 3.96. The van der Waals surface area contributed by atoms with E-state index in [-0.39, 0.29) is 17.9 Å². The number of halogens is 1. The Morgan fingerprint density at radius 1 is 1.00 bits per heavy atom. The first-order valence-electron chi connectivity index (χ1n) is 8.90. The standard InChI is InChI=1S/C21H22ClNO6/c1-4-27-19(25)16-7-5-6-8-17(16)23-18(24)13-28-20(26)21(2,3)29-15-11-9-14(22)10-12-15/h5-12H,4,13H2,1-3H3,(H,23,24). The van der Waals surface area contributed by atoms with Gasteiger partial charge in [0.2, 0.25) is 0 Å². The van der Waals surface area contributed by atoms with E-state index in [2.05, 4.69) is 5.32 Å². The van der Waals surface area contributed by atoms with Crippen LogP contribution in [0, 0.1) is 0 Å². The van der Waals surface area contributed by atoms with E-state index in [1.54, 1.807) is 49.4 Å². The molecular weight excluding hydrogens is 398 g/mol. The number of ether oxygens (including phenoxy) is 3. The van der Waals surface area contributed by atoms with E-state index in [1.165, 1.54) is 19.9 Å². The lowest BCUT2D eigenvalue weighted by Gasteiger charge is -2.24. The highest BCUT2D eigenvalue weighted by Crippen LogP contribution is 2.22. The molecule has 0 saturated carbocycles. The predicted octanol–water partition coefficient (Wildman–Crippen LogP) is 3.86. The molecule has 0 radical (unpaired) electrons. The number of para-hydroxylation sites is 1. The van der Waals surface area contributed by atoms with Gasteiger partial charge in [-0.2, -0.15) is 0 Å². The number of amides is 1. The van der Waals surface area contributed by atoms with E-state index in [9.17, 15) is 14.4 Å². The molecule has 0 aliphatic rings. The van der Waals surface area contributed by atoms with Gasteiger partial charge in [-0.3, -0.25) is 4.79 Å². The van der Waals surface area contributed by atoms with Crippen molar-refractivity contribution in [1.82, 2.24) is 0 Å². The van der Waals surface area contributed by atoms with E-state index in [0.29, 0.717) is 10.8 Å². The maximum absolute atomic E-state index is 12.3. The topological polar surface area (TPSA) is 90.9 Å². The zero-order valence-electron chi connectivity index (χ0n) is 16.4. The van der Waals surface area contributed by atoms with Gasteiger partial charge in [0.15, 0.2) is 12.2 Å². The van der Waals surface area contributed by atoms with Crippen molar-refractivity contribution in [3.05, 3.63) is 59.1 Å². The number of nitrogens with one attached hydrogen (secondary N) is 1. The zero-order valence-corrected chi connectivity index (χ0v) is 17.1. The van der Waals surface area contributed by atoms with Crippen LogP contribution in [0.2, 0.25) is 5.02 Å². The van der Waals surface area contributed by atoms with Crippen LogP contribution < -0.4 is 10.1 Å². The fourth-order valence-corrected chi connectivity index (χ4v) is 2.44. The van der Waals surface area contributed by atoms with Crippen LogP contribution in [0.4, 0.5) is 5.69 Å². The van der Waals surface area contributed by atoms with Crippen molar-refractivity contribution in [2.45, 2.75) is 26.4 Å². The highest BCUT2D eigenvalue weighted by molar-refractivity contribution is 6.30. The van der Waals surface area contributed by atoms with Crippen molar-refractivity contribution in [2.75, 3.05) is 18.5 Å². The molecule has 1 N–H and O–H groups in total. The van der Waals surface area contributed by atoms with Gasteiger partial charge in [0.1, 0.15) is 5.75 Å². The Bertz CT molecular complexity index is 879. The molecule has 0 unspecified atom stereocenters. The van der Waals surface area contributed by atoms with Gasteiger partial charge in [0.25, 0.3) is 5.91 Å². The van der Waals surface area contributed by atoms with Crippen molar-refractivity contribution in [2.24, 2.45) is 0 Å². The van der Waals surface area contributed by atoms with Crippen LogP contribution in [-0.2, 0) is 19.1 Å². The molecule has 2 aromatic rings. The van der Waals surface area contributed by atoms with Gasteiger partial charge in [-0.1, -0.05) is 23.7 Å². The third-order valence-electron chi connectivity index (χ3n) is 3.71. The summed E-state index contributed by atoms with van der Waals surface area (Å²) in [6, 6.07) is 12.9. The second-order valence-electron chi connectivity index (χ2n) is 6.46. The Morgan fingerprint density at radius 3 is 2.31 bits per heavy atom. The molecule has 2 aromatic carbocycles. The lowest BCUT2D eigenvalue weighted by atomic mass is 10.1. The number of rotatable bonds is 8. The van der Waals surface area contributed by atoms with Gasteiger partial charge in [0.05, 0.1) is 17.9 Å². The van der Waals surface area contributed by atoms with Gasteiger partial charge in [-0.05, 0) is 57.2 Å². The Morgan fingerprint density at radius 2 is 1.66 bits per heavy atom. The van der Waals surface area contributed by atoms with E-state index >= 15 is 0 Å². The average Bonchev–Trinajstić information content (AvgIpc) is 2.68. The monoisotopic (exact) mass is 419 g/mol. The van der Waals surface area contributed by atoms with Crippen LogP contribution in [0.25, 0.3) is 0 Å². The molecule has 0 fully saturated rings. The molecule has 0 heterocycles. The van der Waals surface area contributed by atoms with Crippen LogP contribution in [0.5, 0.6) is 5.75 Å². The first-order chi connectivity index (χ1) is 13.7. The first-order valence-corrected chi connectivity index (χ1v) is 9.28. The van der Waals surface area contributed by atoms with E-state index in [1.807, 2.05) is 0 Å². The fraction of sp³-hybridized carbons (Fsp3) is 0.286. The van der Waals surface area contributed by atoms with Crippen molar-refractivity contribution >= 4 is 35.1 Å². The molecular formula is C21H22ClNO6. The molecule has 0 saturated heterocycles. The van der Waals surface area contributed by atoms with Gasteiger partial charge in [-0.15, -0.1) is 0 Å². The minimum atomic E-state index is -1.32. The molecule has 2 rings (SSSR count). The maximum Gasteiger partial charge on any atom is 0.350 e. The highest BCUT2D eigenvalue weighted by atomic mass is 35.5. The normalized spacial score (nSPS) is 10.8. The lowest BCUT2D eigenvalue weighted by Crippen LogP contribution is -2.41. The van der Waals surface area contributed by atoms with Gasteiger partial charge in [-0.25, -0.2) is 9.59 Å². The van der Waals surface area contributed by atoms with E-state index in [0.717, 1.165) is 0 Å². The van der Waals surface area contributed by atoms with Gasteiger partial charge >= 0.3 is 11.9 Å². The first kappa shape index (κ1) is 22.2. The van der Waals surface area contributed by atoms with Crippen molar-refractivity contribution < 1.29 is 28.6 Å². The molecule has 0 bridgehead atoms. The summed E-state index contributed by atoms with van der Waals surface area (Å²) in [5.74, 6) is -1.44. The molecule has 0 spiro atoms. The number of hydrogen-bond donors (Lipinski definition) is 1. The zero-order chi connectivity index (χ0) is 21.4. The minimum absolute atomic E-state index is 0.209. The Kier molecular flexibility index (Phi) is 7.61. The number of esters is 2. The summed E-state index contributed by atoms with van der Waals surface area (Å²) in [5, 5.41) is 3.08. The summed E-state index contributed by atoms with van der Waals surface area (Å²) < 4.78 is 15.6. The molecule has 154 valence electrons. The third kappa shape index (κ3) is 6.50. The Balaban J connectivity index is 1.94. The smallest absolute Gasteiger partial charge is 0.350 e. The van der Waals surface area contributed by atoms with Crippen LogP contribution in [0.3, 0.4) is 0 Å². The quantitative estimate of drug-likeness (QED) is 0.653. The van der Waals surface area contributed by atoms with Crippen LogP contribution in [0.15, 0.2) is 48.5 Å². The predicted molar refractivity (Wildman–Crippen MR) is 108 cm³/mol. The van der Waals surface area contributed by atoms with Gasteiger partial charge < -0.3 is 19.5 Å². The molecule has 8 heteroatoms. The second-order valence-corrected chi connectivity index (χ2v) is 6.89. The second kappa shape index (κ2) is 9.93. The molecule has 0 aromatic heterocycles. The van der Waals surface area contributed by atoms with Gasteiger partial charge in [0, 0.05) is 5.02 Å². The molecule has 1 amide bonds. The summed E-state index contributed by atoms with van der Waals surface area (Å²) in [7, 11) is 0. The van der Waals surface area contributed by atoms with Crippen LogP contribution >= 0.6 is 11.6 Å². The SMILES string of the molecule is CCOC(=O)c1ccccc1NC(=O)COC(=O)C(C)(C)Oc1ccc(Cl)cc1. The van der Waals surface area contributed by atoms with Crippen LogP contribution in [0.1, 0.15) is 31.1 Å². The van der Waals surface area contributed by atoms with Crippen molar-refractivity contribution in [3.8, 4) is 5.75 Å². The van der Waals surface area contributed by atoms with E-state index in [4.69, 9.17) is 25.8 Å². The molecule has 0 atom stereocenters. The largest absolute Gasteiger partial charge is 0.476 e. The summed E-state index contributed by atoms with van der Waals surface area (Å²) in [6.07, 6.45) is 0. The summed E-state index contributed by atoms with van der Waals surface area (Å²) >= 11 is 5.82. The summed E-state index contributed by atoms with van der Waals surface area (Å²) in [4.78, 5) is 36.5. The number of carbonyl (C=O) groups excluding carboxylic acids is 3. The number of benzene rings is 2. The maximum atomic E-state index is 12.3. The van der Waals surface area contributed by atoms with Crippen molar-refractivity contribution in [3.63, 3.8) is 0 Å².